The topological polar surface area (TPSA) is 72.8 Å². The zero-order chi connectivity index (χ0) is 15.1. The van der Waals surface area contributed by atoms with Gasteiger partial charge in [-0.3, -0.25) is 4.79 Å². The number of Topliss-reactive ketones (excluding diaryl/α,β-unsaturated/α-hetero) is 1. The molecule has 0 radical (unpaired) electrons. The smallest absolute Gasteiger partial charge is 0.339 e. The minimum atomic E-state index is -1.27. The number of benzene rings is 1. The zero-order valence-electron chi connectivity index (χ0n) is 11.4. The predicted molar refractivity (Wildman–Crippen MR) is 73.4 cm³/mol. The quantitative estimate of drug-likeness (QED) is 0.610. The van der Waals surface area contributed by atoms with E-state index in [0.717, 1.165) is 0 Å². The second-order valence-electron chi connectivity index (χ2n) is 4.03. The molecule has 1 aromatic carbocycles. The summed E-state index contributed by atoms with van der Waals surface area (Å²) in [7, 11) is 1.24. The summed E-state index contributed by atoms with van der Waals surface area (Å²) in [6.45, 7) is 4.70. The standard InChI is InChI=1S/C15H16O5/c1-10(2)13(16)14(19-3)12(15(17)18)9-20-11-7-5-4-6-8-11/h4-8H,1,9H2,2-3H3,(H,17,18)/b14-12-. The van der Waals surface area contributed by atoms with Crippen LogP contribution < -0.4 is 4.74 Å². The maximum absolute atomic E-state index is 11.8. The molecule has 1 aromatic rings. The predicted octanol–water partition coefficient (Wildman–Crippen LogP) is 2.20. The molecular formula is C15H16O5. The van der Waals surface area contributed by atoms with E-state index in [1.54, 1.807) is 24.3 Å². The van der Waals surface area contributed by atoms with Crippen molar-refractivity contribution in [3.8, 4) is 5.75 Å². The Balaban J connectivity index is 3.00. The molecule has 0 saturated heterocycles. The summed E-state index contributed by atoms with van der Waals surface area (Å²) >= 11 is 0. The van der Waals surface area contributed by atoms with Gasteiger partial charge in [-0.15, -0.1) is 0 Å². The first-order valence-corrected chi connectivity index (χ1v) is 5.85. The van der Waals surface area contributed by atoms with E-state index in [-0.39, 0.29) is 23.5 Å². The fourth-order valence-electron chi connectivity index (χ4n) is 1.44. The first-order chi connectivity index (χ1) is 9.47. The monoisotopic (exact) mass is 276 g/mol. The largest absolute Gasteiger partial charge is 0.492 e. The number of para-hydroxylation sites is 1. The molecule has 0 aromatic heterocycles. The van der Waals surface area contributed by atoms with Crippen LogP contribution in [-0.2, 0) is 14.3 Å². The van der Waals surface area contributed by atoms with Gasteiger partial charge in [-0.1, -0.05) is 24.8 Å². The first kappa shape index (κ1) is 15.5. The Morgan fingerprint density at radius 2 is 1.85 bits per heavy atom. The summed E-state index contributed by atoms with van der Waals surface area (Å²) in [5.74, 6) is -1.58. The Morgan fingerprint density at radius 3 is 2.30 bits per heavy atom. The number of hydrogen-bond acceptors (Lipinski definition) is 4. The molecule has 106 valence electrons. The molecule has 0 aliphatic carbocycles. The number of rotatable bonds is 7. The lowest BCUT2D eigenvalue weighted by molar-refractivity contribution is -0.133. The number of carboxylic acid groups (broad SMARTS) is 1. The molecule has 1 rings (SSSR count). The van der Waals surface area contributed by atoms with Crippen molar-refractivity contribution in [1.29, 1.82) is 0 Å². The zero-order valence-corrected chi connectivity index (χ0v) is 11.4. The summed E-state index contributed by atoms with van der Waals surface area (Å²) in [6, 6.07) is 8.70. The van der Waals surface area contributed by atoms with Crippen molar-refractivity contribution < 1.29 is 24.2 Å². The second-order valence-corrected chi connectivity index (χ2v) is 4.03. The molecule has 0 fully saturated rings. The Morgan fingerprint density at radius 1 is 1.25 bits per heavy atom. The van der Waals surface area contributed by atoms with Gasteiger partial charge in [-0.25, -0.2) is 4.79 Å². The van der Waals surface area contributed by atoms with Crippen molar-refractivity contribution in [3.63, 3.8) is 0 Å². The van der Waals surface area contributed by atoms with Gasteiger partial charge in [0.25, 0.3) is 0 Å². The van der Waals surface area contributed by atoms with Crippen LogP contribution in [0.5, 0.6) is 5.75 Å². The SMILES string of the molecule is C=C(C)C(=O)/C(OC)=C(\COc1ccccc1)C(=O)O. The van der Waals surface area contributed by atoms with E-state index in [4.69, 9.17) is 9.47 Å². The molecule has 0 heterocycles. The van der Waals surface area contributed by atoms with Crippen LogP contribution in [0.3, 0.4) is 0 Å². The van der Waals surface area contributed by atoms with Crippen LogP contribution in [0.2, 0.25) is 0 Å². The lowest BCUT2D eigenvalue weighted by Crippen LogP contribution is -2.19. The minimum absolute atomic E-state index is 0.195. The van der Waals surface area contributed by atoms with Crippen LogP contribution in [0.1, 0.15) is 6.92 Å². The van der Waals surface area contributed by atoms with Crippen molar-refractivity contribution in [2.24, 2.45) is 0 Å². The van der Waals surface area contributed by atoms with Gasteiger partial charge in [0.2, 0.25) is 5.78 Å². The number of aliphatic carboxylic acids is 1. The summed E-state index contributed by atoms with van der Waals surface area (Å²) in [5.41, 5.74) is -0.0512. The van der Waals surface area contributed by atoms with Gasteiger partial charge >= 0.3 is 5.97 Å². The van der Waals surface area contributed by atoms with E-state index in [9.17, 15) is 14.7 Å². The highest BCUT2D eigenvalue weighted by Crippen LogP contribution is 2.15. The highest BCUT2D eigenvalue weighted by molar-refractivity contribution is 6.10. The van der Waals surface area contributed by atoms with E-state index in [0.29, 0.717) is 5.75 Å². The van der Waals surface area contributed by atoms with Gasteiger partial charge in [-0.05, 0) is 24.6 Å². The van der Waals surface area contributed by atoms with Gasteiger partial charge in [0.1, 0.15) is 17.9 Å². The Kier molecular flexibility index (Phi) is 5.53. The number of methoxy groups -OCH3 is 1. The minimum Gasteiger partial charge on any atom is -0.492 e. The Labute approximate surface area is 117 Å². The van der Waals surface area contributed by atoms with Crippen molar-refractivity contribution in [1.82, 2.24) is 0 Å². The molecule has 0 atom stereocenters. The Hall–Kier alpha value is -2.56. The fraction of sp³-hybridized carbons (Fsp3) is 0.200. The van der Waals surface area contributed by atoms with Crippen molar-refractivity contribution >= 4 is 11.8 Å². The van der Waals surface area contributed by atoms with Crippen LogP contribution in [0.25, 0.3) is 0 Å². The average molecular weight is 276 g/mol. The van der Waals surface area contributed by atoms with Crippen LogP contribution in [0.15, 0.2) is 53.8 Å². The van der Waals surface area contributed by atoms with E-state index in [1.807, 2.05) is 6.07 Å². The van der Waals surface area contributed by atoms with Crippen LogP contribution >= 0.6 is 0 Å². The molecular weight excluding hydrogens is 260 g/mol. The summed E-state index contributed by atoms with van der Waals surface area (Å²) in [6.07, 6.45) is 0. The molecule has 0 unspecified atom stereocenters. The third kappa shape index (κ3) is 3.98. The van der Waals surface area contributed by atoms with Gasteiger partial charge in [0.15, 0.2) is 5.76 Å². The van der Waals surface area contributed by atoms with Crippen molar-refractivity contribution in [2.45, 2.75) is 6.92 Å². The lowest BCUT2D eigenvalue weighted by atomic mass is 10.1. The highest BCUT2D eigenvalue weighted by Gasteiger charge is 2.22. The average Bonchev–Trinajstić information content (AvgIpc) is 2.43. The number of ketones is 1. The molecule has 1 N–H and O–H groups in total. The number of carbonyl (C=O) groups is 2. The fourth-order valence-corrected chi connectivity index (χ4v) is 1.44. The normalized spacial score (nSPS) is 11.3. The number of allylic oxidation sites excluding steroid dienone is 1. The van der Waals surface area contributed by atoms with Crippen molar-refractivity contribution in [2.75, 3.05) is 13.7 Å². The Bertz CT molecular complexity index is 543. The molecule has 5 nitrogen and oxygen atoms in total. The molecule has 0 spiro atoms. The van der Waals surface area contributed by atoms with E-state index >= 15 is 0 Å². The summed E-state index contributed by atoms with van der Waals surface area (Å²) in [4.78, 5) is 23.1. The number of carboxylic acids is 1. The third-order valence-electron chi connectivity index (χ3n) is 2.46. The number of hydrogen-bond donors (Lipinski definition) is 1. The molecule has 5 heteroatoms. The van der Waals surface area contributed by atoms with Crippen LogP contribution in [0.4, 0.5) is 0 Å². The number of ether oxygens (including phenoxy) is 2. The lowest BCUT2D eigenvalue weighted by Gasteiger charge is -2.11. The molecule has 0 aliphatic heterocycles. The van der Waals surface area contributed by atoms with Crippen LogP contribution in [0, 0.1) is 0 Å². The summed E-state index contributed by atoms with van der Waals surface area (Å²) in [5, 5.41) is 9.18. The van der Waals surface area contributed by atoms with E-state index < -0.39 is 11.8 Å². The van der Waals surface area contributed by atoms with Crippen LogP contribution in [-0.4, -0.2) is 30.6 Å². The van der Waals surface area contributed by atoms with Gasteiger partial charge in [0, 0.05) is 0 Å². The molecule has 0 aliphatic rings. The molecule has 20 heavy (non-hydrogen) atoms. The third-order valence-corrected chi connectivity index (χ3v) is 2.46. The molecule has 0 saturated carbocycles. The molecule has 0 bridgehead atoms. The first-order valence-electron chi connectivity index (χ1n) is 5.85. The maximum atomic E-state index is 11.8. The number of carbonyl (C=O) groups excluding carboxylic acids is 1. The maximum Gasteiger partial charge on any atom is 0.339 e. The van der Waals surface area contributed by atoms with E-state index in [2.05, 4.69) is 6.58 Å². The highest BCUT2D eigenvalue weighted by atomic mass is 16.5. The molecule has 0 amide bonds. The van der Waals surface area contributed by atoms with Gasteiger partial charge in [-0.2, -0.15) is 0 Å². The van der Waals surface area contributed by atoms with Gasteiger partial charge in [0.05, 0.1) is 7.11 Å². The van der Waals surface area contributed by atoms with Crippen molar-refractivity contribution in [3.05, 3.63) is 53.8 Å². The summed E-state index contributed by atoms with van der Waals surface area (Å²) < 4.78 is 10.2. The second kappa shape index (κ2) is 7.13. The van der Waals surface area contributed by atoms with Gasteiger partial charge < -0.3 is 14.6 Å². The van der Waals surface area contributed by atoms with E-state index in [1.165, 1.54) is 14.0 Å².